The lowest BCUT2D eigenvalue weighted by molar-refractivity contribution is 0.384. The minimum absolute atomic E-state index is 0.146. The zero-order chi connectivity index (χ0) is 14.8. The first-order valence-corrected chi connectivity index (χ1v) is 6.47. The molecule has 0 aliphatic rings. The quantitative estimate of drug-likeness (QED) is 0.775. The highest BCUT2D eigenvalue weighted by Gasteiger charge is 2.14. The lowest BCUT2D eigenvalue weighted by atomic mass is 10.2. The van der Waals surface area contributed by atoms with Gasteiger partial charge in [-0.15, -0.1) is 0 Å². The highest BCUT2D eigenvalue weighted by atomic mass is 35.5. The molecule has 0 saturated heterocycles. The van der Waals surface area contributed by atoms with E-state index in [4.69, 9.17) is 16.3 Å². The van der Waals surface area contributed by atoms with Crippen LogP contribution in [0.15, 0.2) is 24.7 Å². The standard InChI is InChI=1S/C13H11ClFN5O/c1-21-10-3-2-9(14)7(11(10)15)4-16-12-8-5-19-20-13(8)18-6-17-12/h2-3,5-6H,4H2,1H3,(H2,16,17,18,19,20). The van der Waals surface area contributed by atoms with Crippen molar-refractivity contribution in [2.45, 2.75) is 6.54 Å². The molecule has 0 radical (unpaired) electrons. The van der Waals surface area contributed by atoms with E-state index >= 15 is 0 Å². The number of fused-ring (bicyclic) bond motifs is 1. The molecule has 1 aromatic carbocycles. The number of ether oxygens (including phenoxy) is 1. The molecule has 2 N–H and O–H groups in total. The number of H-pyrrole nitrogens is 1. The Morgan fingerprint density at radius 2 is 2.24 bits per heavy atom. The van der Waals surface area contributed by atoms with Gasteiger partial charge in [0.25, 0.3) is 0 Å². The van der Waals surface area contributed by atoms with Crippen molar-refractivity contribution in [2.24, 2.45) is 0 Å². The largest absolute Gasteiger partial charge is 0.494 e. The number of hydrogen-bond donors (Lipinski definition) is 2. The Hall–Kier alpha value is -2.41. The number of nitrogens with one attached hydrogen (secondary N) is 2. The van der Waals surface area contributed by atoms with Crippen LogP contribution in [0.4, 0.5) is 10.2 Å². The fraction of sp³-hybridized carbons (Fsp3) is 0.154. The number of anilines is 1. The van der Waals surface area contributed by atoms with Crippen molar-refractivity contribution < 1.29 is 9.13 Å². The second-order valence-electron chi connectivity index (χ2n) is 4.25. The lowest BCUT2D eigenvalue weighted by Gasteiger charge is -2.11. The topological polar surface area (TPSA) is 75.7 Å². The monoisotopic (exact) mass is 307 g/mol. The molecule has 21 heavy (non-hydrogen) atoms. The van der Waals surface area contributed by atoms with E-state index in [1.165, 1.54) is 19.5 Å². The lowest BCUT2D eigenvalue weighted by Crippen LogP contribution is -2.06. The summed E-state index contributed by atoms with van der Waals surface area (Å²) in [6, 6.07) is 3.08. The third-order valence-corrected chi connectivity index (χ3v) is 3.41. The van der Waals surface area contributed by atoms with Crippen LogP contribution in [0, 0.1) is 5.82 Å². The Labute approximate surface area is 124 Å². The van der Waals surface area contributed by atoms with Crippen LogP contribution < -0.4 is 10.1 Å². The van der Waals surface area contributed by atoms with E-state index in [0.717, 1.165) is 5.39 Å². The number of aromatic nitrogens is 4. The fourth-order valence-corrected chi connectivity index (χ4v) is 2.19. The third-order valence-electron chi connectivity index (χ3n) is 3.05. The molecule has 0 spiro atoms. The average molecular weight is 308 g/mol. The van der Waals surface area contributed by atoms with Crippen LogP contribution in [0.5, 0.6) is 5.75 Å². The molecular formula is C13H11ClFN5O. The van der Waals surface area contributed by atoms with Gasteiger partial charge in [0.05, 0.1) is 18.7 Å². The summed E-state index contributed by atoms with van der Waals surface area (Å²) in [5.41, 5.74) is 0.913. The second-order valence-corrected chi connectivity index (χ2v) is 4.66. The summed E-state index contributed by atoms with van der Waals surface area (Å²) in [4.78, 5) is 8.15. The summed E-state index contributed by atoms with van der Waals surface area (Å²) in [6.45, 7) is 0.166. The van der Waals surface area contributed by atoms with Crippen LogP contribution in [-0.2, 0) is 6.54 Å². The SMILES string of the molecule is COc1ccc(Cl)c(CNc2ncnc3[nH]ncc23)c1F. The van der Waals surface area contributed by atoms with E-state index in [9.17, 15) is 4.39 Å². The maximum atomic E-state index is 14.2. The normalized spacial score (nSPS) is 10.8. The van der Waals surface area contributed by atoms with Gasteiger partial charge in [0, 0.05) is 17.1 Å². The molecule has 2 heterocycles. The van der Waals surface area contributed by atoms with E-state index in [1.54, 1.807) is 12.3 Å². The molecular weight excluding hydrogens is 297 g/mol. The molecule has 3 rings (SSSR count). The summed E-state index contributed by atoms with van der Waals surface area (Å²) in [7, 11) is 1.41. The van der Waals surface area contributed by atoms with Crippen LogP contribution in [0.2, 0.25) is 5.02 Å². The van der Waals surface area contributed by atoms with Crippen LogP contribution >= 0.6 is 11.6 Å². The van der Waals surface area contributed by atoms with Gasteiger partial charge in [-0.2, -0.15) is 5.10 Å². The predicted octanol–water partition coefficient (Wildman–Crippen LogP) is 2.77. The molecule has 0 fully saturated rings. The Balaban J connectivity index is 1.90. The van der Waals surface area contributed by atoms with Crippen molar-refractivity contribution in [1.29, 1.82) is 0 Å². The maximum Gasteiger partial charge on any atom is 0.171 e. The molecule has 6 nitrogen and oxygen atoms in total. The van der Waals surface area contributed by atoms with Crippen LogP contribution in [0.25, 0.3) is 11.0 Å². The van der Waals surface area contributed by atoms with Gasteiger partial charge in [0.1, 0.15) is 12.1 Å². The number of benzene rings is 1. The Morgan fingerprint density at radius 1 is 1.38 bits per heavy atom. The summed E-state index contributed by atoms with van der Waals surface area (Å²) >= 11 is 6.03. The number of hydrogen-bond acceptors (Lipinski definition) is 5. The van der Waals surface area contributed by atoms with Crippen molar-refractivity contribution >= 4 is 28.5 Å². The van der Waals surface area contributed by atoms with Crippen molar-refractivity contribution in [1.82, 2.24) is 20.2 Å². The van der Waals surface area contributed by atoms with Crippen molar-refractivity contribution in [2.75, 3.05) is 12.4 Å². The van der Waals surface area contributed by atoms with E-state index in [1.807, 2.05) is 0 Å². The number of nitrogens with zero attached hydrogens (tertiary/aromatic N) is 3. The minimum atomic E-state index is -0.491. The van der Waals surface area contributed by atoms with Gasteiger partial charge in [-0.1, -0.05) is 11.6 Å². The van der Waals surface area contributed by atoms with E-state index < -0.39 is 5.82 Å². The fourth-order valence-electron chi connectivity index (χ4n) is 1.97. The predicted molar refractivity (Wildman–Crippen MR) is 77.0 cm³/mol. The summed E-state index contributed by atoms with van der Waals surface area (Å²) in [5, 5.41) is 10.7. The Kier molecular flexibility index (Phi) is 3.57. The smallest absolute Gasteiger partial charge is 0.171 e. The third kappa shape index (κ3) is 2.47. The van der Waals surface area contributed by atoms with Gasteiger partial charge in [0.15, 0.2) is 17.2 Å². The van der Waals surface area contributed by atoms with Gasteiger partial charge in [0.2, 0.25) is 0 Å². The molecule has 108 valence electrons. The van der Waals surface area contributed by atoms with Gasteiger partial charge in [-0.05, 0) is 12.1 Å². The number of halogens is 2. The molecule has 0 amide bonds. The first kappa shape index (κ1) is 13.6. The number of aromatic amines is 1. The van der Waals surface area contributed by atoms with E-state index in [2.05, 4.69) is 25.5 Å². The van der Waals surface area contributed by atoms with E-state index in [0.29, 0.717) is 22.1 Å². The van der Waals surface area contributed by atoms with Gasteiger partial charge < -0.3 is 10.1 Å². The summed E-state index contributed by atoms with van der Waals surface area (Å²) < 4.78 is 19.1. The highest BCUT2D eigenvalue weighted by molar-refractivity contribution is 6.31. The maximum absolute atomic E-state index is 14.2. The minimum Gasteiger partial charge on any atom is -0.494 e. The molecule has 8 heteroatoms. The van der Waals surface area contributed by atoms with Crippen molar-refractivity contribution in [3.05, 3.63) is 41.1 Å². The summed E-state index contributed by atoms with van der Waals surface area (Å²) in [5.74, 6) is 0.203. The zero-order valence-electron chi connectivity index (χ0n) is 11.0. The average Bonchev–Trinajstić information content (AvgIpc) is 2.96. The second kappa shape index (κ2) is 5.53. The molecule has 2 aromatic heterocycles. The molecule has 3 aromatic rings. The molecule has 0 unspecified atom stereocenters. The highest BCUT2D eigenvalue weighted by Crippen LogP contribution is 2.28. The van der Waals surface area contributed by atoms with E-state index in [-0.39, 0.29) is 12.3 Å². The van der Waals surface area contributed by atoms with Crippen molar-refractivity contribution in [3.63, 3.8) is 0 Å². The Morgan fingerprint density at radius 3 is 3.05 bits per heavy atom. The summed E-state index contributed by atoms with van der Waals surface area (Å²) in [6.07, 6.45) is 2.99. The number of methoxy groups -OCH3 is 1. The van der Waals surface area contributed by atoms with Gasteiger partial charge in [-0.25, -0.2) is 14.4 Å². The van der Waals surface area contributed by atoms with Crippen LogP contribution in [-0.4, -0.2) is 27.3 Å². The van der Waals surface area contributed by atoms with Crippen molar-refractivity contribution in [3.8, 4) is 5.75 Å². The first-order chi connectivity index (χ1) is 10.2. The zero-order valence-corrected chi connectivity index (χ0v) is 11.8. The molecule has 0 atom stereocenters. The molecule has 0 bridgehead atoms. The molecule has 0 aliphatic carbocycles. The first-order valence-electron chi connectivity index (χ1n) is 6.09. The molecule has 0 saturated carbocycles. The number of rotatable bonds is 4. The van der Waals surface area contributed by atoms with Crippen LogP contribution in [0.3, 0.4) is 0 Å². The molecule has 0 aliphatic heterocycles. The van der Waals surface area contributed by atoms with Gasteiger partial charge >= 0.3 is 0 Å². The Bertz CT molecular complexity index is 791. The van der Waals surface area contributed by atoms with Crippen LogP contribution in [0.1, 0.15) is 5.56 Å². The van der Waals surface area contributed by atoms with Gasteiger partial charge in [-0.3, -0.25) is 5.10 Å².